The molecule has 2 rings (SSSR count). The van der Waals surface area contributed by atoms with Crippen molar-refractivity contribution < 1.29 is 13.2 Å². The molecule has 114 valence electrons. The molecular formula is C15H20N2O3S. The summed E-state index contributed by atoms with van der Waals surface area (Å²) in [6.45, 7) is 3.91. The molecule has 6 heteroatoms. The maximum Gasteiger partial charge on any atom is 0.251 e. The van der Waals surface area contributed by atoms with Crippen molar-refractivity contribution in [1.82, 2.24) is 10.6 Å². The van der Waals surface area contributed by atoms with Gasteiger partial charge in [0.1, 0.15) is 0 Å². The van der Waals surface area contributed by atoms with E-state index in [-0.39, 0.29) is 16.6 Å². The minimum absolute atomic E-state index is 0.0563. The number of rotatable bonds is 5. The largest absolute Gasteiger partial charge is 0.348 e. The van der Waals surface area contributed by atoms with E-state index in [2.05, 4.69) is 16.7 Å². The molecule has 21 heavy (non-hydrogen) atoms. The first-order valence-corrected chi connectivity index (χ1v) is 8.68. The highest BCUT2D eigenvalue weighted by atomic mass is 32.2. The first-order chi connectivity index (χ1) is 10.0. The van der Waals surface area contributed by atoms with Crippen LogP contribution in [0.15, 0.2) is 40.8 Å². The van der Waals surface area contributed by atoms with Gasteiger partial charge in [0.05, 0.1) is 10.6 Å². The predicted molar refractivity (Wildman–Crippen MR) is 82.1 cm³/mol. The van der Waals surface area contributed by atoms with Gasteiger partial charge in [0.2, 0.25) is 0 Å². The van der Waals surface area contributed by atoms with Gasteiger partial charge in [-0.05, 0) is 37.2 Å². The van der Waals surface area contributed by atoms with E-state index in [0.29, 0.717) is 12.1 Å². The molecular weight excluding hydrogens is 288 g/mol. The lowest BCUT2D eigenvalue weighted by Gasteiger charge is -2.14. The normalized spacial score (nSPS) is 15.4. The number of carbonyl (C=O) groups excluding carboxylic acids is 1. The Morgan fingerprint density at radius 1 is 1.29 bits per heavy atom. The molecule has 1 heterocycles. The highest BCUT2D eigenvalue weighted by Gasteiger charge is 2.13. The van der Waals surface area contributed by atoms with Crippen molar-refractivity contribution in [1.29, 1.82) is 0 Å². The Balaban J connectivity index is 1.98. The SMILES string of the molecule is CCS(=O)(=O)c1ccc(C(=O)NCC2=CCNCC2)cc1. The van der Waals surface area contributed by atoms with Crippen LogP contribution in [0, 0.1) is 0 Å². The average Bonchev–Trinajstić information content (AvgIpc) is 2.53. The summed E-state index contributed by atoms with van der Waals surface area (Å²) < 4.78 is 23.4. The standard InChI is InChI=1S/C15H20N2O3S/c1-2-21(19,20)14-5-3-13(4-6-14)15(18)17-11-12-7-9-16-10-8-12/h3-7,16H,2,8-11H2,1H3,(H,17,18). The Bertz CT molecular complexity index is 633. The van der Waals surface area contributed by atoms with Gasteiger partial charge in [-0.1, -0.05) is 18.6 Å². The molecule has 1 aromatic rings. The van der Waals surface area contributed by atoms with E-state index < -0.39 is 9.84 Å². The zero-order valence-corrected chi connectivity index (χ0v) is 12.9. The summed E-state index contributed by atoms with van der Waals surface area (Å²) in [7, 11) is -3.22. The Morgan fingerprint density at radius 3 is 2.57 bits per heavy atom. The van der Waals surface area contributed by atoms with Crippen LogP contribution in [0.2, 0.25) is 0 Å². The van der Waals surface area contributed by atoms with Crippen molar-refractivity contribution in [2.24, 2.45) is 0 Å². The third-order valence-electron chi connectivity index (χ3n) is 3.49. The summed E-state index contributed by atoms with van der Waals surface area (Å²) >= 11 is 0. The number of nitrogens with one attached hydrogen (secondary N) is 2. The summed E-state index contributed by atoms with van der Waals surface area (Å²) in [4.78, 5) is 12.3. The maximum absolute atomic E-state index is 12.0. The van der Waals surface area contributed by atoms with E-state index >= 15 is 0 Å². The highest BCUT2D eigenvalue weighted by Crippen LogP contribution is 2.12. The Morgan fingerprint density at radius 2 is 2.00 bits per heavy atom. The van der Waals surface area contributed by atoms with Crippen LogP contribution >= 0.6 is 0 Å². The predicted octanol–water partition coefficient (Wildman–Crippen LogP) is 1.13. The topological polar surface area (TPSA) is 75.3 Å². The number of hydrogen-bond acceptors (Lipinski definition) is 4. The fourth-order valence-corrected chi connectivity index (χ4v) is 2.99. The van der Waals surface area contributed by atoms with Crippen molar-refractivity contribution in [2.75, 3.05) is 25.4 Å². The zero-order chi connectivity index (χ0) is 15.3. The Kier molecular flexibility index (Phi) is 5.14. The highest BCUT2D eigenvalue weighted by molar-refractivity contribution is 7.91. The van der Waals surface area contributed by atoms with Crippen molar-refractivity contribution in [3.8, 4) is 0 Å². The minimum atomic E-state index is -3.22. The summed E-state index contributed by atoms with van der Waals surface area (Å²) in [5.41, 5.74) is 1.69. The van der Waals surface area contributed by atoms with Crippen LogP contribution in [0.5, 0.6) is 0 Å². The van der Waals surface area contributed by atoms with Crippen molar-refractivity contribution in [3.05, 3.63) is 41.5 Å². The number of carbonyl (C=O) groups is 1. The Labute approximate surface area is 125 Å². The van der Waals surface area contributed by atoms with Crippen LogP contribution < -0.4 is 10.6 Å². The van der Waals surface area contributed by atoms with Gasteiger partial charge >= 0.3 is 0 Å². The zero-order valence-electron chi connectivity index (χ0n) is 12.1. The minimum Gasteiger partial charge on any atom is -0.348 e. The molecule has 0 bridgehead atoms. The lowest BCUT2D eigenvalue weighted by atomic mass is 10.1. The quantitative estimate of drug-likeness (QED) is 0.800. The monoisotopic (exact) mass is 308 g/mol. The van der Waals surface area contributed by atoms with Crippen LogP contribution in [-0.4, -0.2) is 39.7 Å². The lowest BCUT2D eigenvalue weighted by Crippen LogP contribution is -2.29. The molecule has 0 atom stereocenters. The molecule has 0 aromatic heterocycles. The summed E-state index contributed by atoms with van der Waals surface area (Å²) in [6, 6.07) is 6.07. The van der Waals surface area contributed by atoms with Crippen LogP contribution in [0.3, 0.4) is 0 Å². The van der Waals surface area contributed by atoms with E-state index in [4.69, 9.17) is 0 Å². The van der Waals surface area contributed by atoms with Gasteiger partial charge in [-0.25, -0.2) is 8.42 Å². The van der Waals surface area contributed by atoms with Crippen LogP contribution in [-0.2, 0) is 9.84 Å². The molecule has 1 amide bonds. The third kappa shape index (κ3) is 4.15. The van der Waals surface area contributed by atoms with Crippen LogP contribution in [0.25, 0.3) is 0 Å². The van der Waals surface area contributed by atoms with Gasteiger partial charge in [0, 0.05) is 18.7 Å². The fraction of sp³-hybridized carbons (Fsp3) is 0.400. The van der Waals surface area contributed by atoms with E-state index in [1.54, 1.807) is 19.1 Å². The van der Waals surface area contributed by atoms with E-state index in [1.165, 1.54) is 17.7 Å². The van der Waals surface area contributed by atoms with Gasteiger partial charge in [-0.2, -0.15) is 0 Å². The molecule has 1 aliphatic heterocycles. The second-order valence-corrected chi connectivity index (χ2v) is 7.21. The molecule has 1 aliphatic rings. The molecule has 2 N–H and O–H groups in total. The molecule has 0 saturated heterocycles. The van der Waals surface area contributed by atoms with Crippen molar-refractivity contribution >= 4 is 15.7 Å². The van der Waals surface area contributed by atoms with Gasteiger partial charge in [0.25, 0.3) is 5.91 Å². The molecule has 5 nitrogen and oxygen atoms in total. The molecule has 0 saturated carbocycles. The molecule has 0 fully saturated rings. The third-order valence-corrected chi connectivity index (χ3v) is 5.24. The lowest BCUT2D eigenvalue weighted by molar-refractivity contribution is 0.0956. The number of sulfone groups is 1. The molecule has 0 spiro atoms. The van der Waals surface area contributed by atoms with Gasteiger partial charge < -0.3 is 10.6 Å². The number of amides is 1. The van der Waals surface area contributed by atoms with Crippen molar-refractivity contribution in [2.45, 2.75) is 18.2 Å². The van der Waals surface area contributed by atoms with Crippen LogP contribution in [0.4, 0.5) is 0 Å². The molecule has 0 unspecified atom stereocenters. The maximum atomic E-state index is 12.0. The molecule has 0 aliphatic carbocycles. The second kappa shape index (κ2) is 6.87. The number of benzene rings is 1. The van der Waals surface area contributed by atoms with E-state index in [1.807, 2.05) is 0 Å². The van der Waals surface area contributed by atoms with Gasteiger partial charge in [-0.3, -0.25) is 4.79 Å². The molecule has 1 aromatic carbocycles. The molecule has 0 radical (unpaired) electrons. The van der Waals surface area contributed by atoms with Gasteiger partial charge in [0.15, 0.2) is 9.84 Å². The first-order valence-electron chi connectivity index (χ1n) is 7.02. The summed E-state index contributed by atoms with van der Waals surface area (Å²) in [5.74, 6) is -0.129. The smallest absolute Gasteiger partial charge is 0.251 e. The van der Waals surface area contributed by atoms with E-state index in [9.17, 15) is 13.2 Å². The van der Waals surface area contributed by atoms with Crippen LogP contribution in [0.1, 0.15) is 23.7 Å². The second-order valence-electron chi connectivity index (χ2n) is 4.93. The average molecular weight is 308 g/mol. The number of hydrogen-bond donors (Lipinski definition) is 2. The first kappa shape index (κ1) is 15.7. The van der Waals surface area contributed by atoms with E-state index in [0.717, 1.165) is 19.5 Å². The summed E-state index contributed by atoms with van der Waals surface area (Å²) in [5, 5.41) is 6.07. The van der Waals surface area contributed by atoms with Crippen molar-refractivity contribution in [3.63, 3.8) is 0 Å². The fourth-order valence-electron chi connectivity index (χ4n) is 2.11. The van der Waals surface area contributed by atoms with Gasteiger partial charge in [-0.15, -0.1) is 0 Å². The summed E-state index contributed by atoms with van der Waals surface area (Å²) in [6.07, 6.45) is 3.02. The Hall–Kier alpha value is -1.66.